The quantitative estimate of drug-likeness (QED) is 0.689. The Morgan fingerprint density at radius 1 is 1.08 bits per heavy atom. The van der Waals surface area contributed by atoms with Gasteiger partial charge in [0.05, 0.1) is 0 Å². The third kappa shape index (κ3) is 3.63. The Kier molecular flexibility index (Phi) is 4.16. The molecule has 0 aliphatic carbocycles. The molecular formula is C10H23N3. The molecule has 1 aliphatic heterocycles. The number of hydrogen-bond donors (Lipinski definition) is 1. The van der Waals surface area contributed by atoms with Gasteiger partial charge in [0.15, 0.2) is 0 Å². The van der Waals surface area contributed by atoms with Gasteiger partial charge >= 0.3 is 0 Å². The van der Waals surface area contributed by atoms with Gasteiger partial charge in [0.25, 0.3) is 0 Å². The lowest BCUT2D eigenvalue weighted by molar-refractivity contribution is 0.105. The second-order valence-corrected chi connectivity index (χ2v) is 4.41. The van der Waals surface area contributed by atoms with Crippen molar-refractivity contribution in [3.8, 4) is 0 Å². The Morgan fingerprint density at radius 3 is 2.00 bits per heavy atom. The van der Waals surface area contributed by atoms with E-state index < -0.39 is 0 Å². The lowest BCUT2D eigenvalue weighted by atomic mass is 10.2. The average Bonchev–Trinajstić information content (AvgIpc) is 2.04. The van der Waals surface area contributed by atoms with Crippen molar-refractivity contribution >= 4 is 0 Å². The van der Waals surface area contributed by atoms with E-state index in [1.807, 2.05) is 0 Å². The van der Waals surface area contributed by atoms with Crippen LogP contribution in [0.3, 0.4) is 0 Å². The van der Waals surface area contributed by atoms with E-state index in [-0.39, 0.29) is 0 Å². The Labute approximate surface area is 81.9 Å². The van der Waals surface area contributed by atoms with Crippen molar-refractivity contribution < 1.29 is 0 Å². The molecular weight excluding hydrogens is 162 g/mol. The van der Waals surface area contributed by atoms with Gasteiger partial charge in [-0.15, -0.1) is 0 Å². The van der Waals surface area contributed by atoms with Gasteiger partial charge in [-0.3, -0.25) is 9.80 Å². The predicted octanol–water partition coefficient (Wildman–Crippen LogP) is 0.360. The molecule has 0 amide bonds. The van der Waals surface area contributed by atoms with Crippen molar-refractivity contribution in [2.24, 2.45) is 5.73 Å². The molecule has 0 saturated carbocycles. The Hall–Kier alpha value is -0.120. The zero-order chi connectivity index (χ0) is 9.84. The van der Waals surface area contributed by atoms with Crippen LogP contribution in [-0.4, -0.2) is 54.6 Å². The summed E-state index contributed by atoms with van der Waals surface area (Å²) in [6, 6.07) is 1.00. The topological polar surface area (TPSA) is 32.5 Å². The summed E-state index contributed by atoms with van der Waals surface area (Å²) in [5.74, 6) is 0. The molecule has 1 saturated heterocycles. The average molecular weight is 185 g/mol. The van der Waals surface area contributed by atoms with Crippen LogP contribution in [0.4, 0.5) is 0 Å². The van der Waals surface area contributed by atoms with Gasteiger partial charge in [0.2, 0.25) is 0 Å². The molecule has 3 nitrogen and oxygen atoms in total. The summed E-state index contributed by atoms with van der Waals surface area (Å²) in [4.78, 5) is 4.99. The van der Waals surface area contributed by atoms with E-state index in [0.717, 1.165) is 6.54 Å². The van der Waals surface area contributed by atoms with E-state index in [9.17, 15) is 0 Å². The van der Waals surface area contributed by atoms with Crippen molar-refractivity contribution in [1.29, 1.82) is 0 Å². The van der Waals surface area contributed by atoms with E-state index in [1.54, 1.807) is 0 Å². The molecule has 13 heavy (non-hydrogen) atoms. The molecule has 1 rings (SSSR count). The molecule has 0 radical (unpaired) electrons. The Morgan fingerprint density at radius 2 is 1.62 bits per heavy atom. The van der Waals surface area contributed by atoms with Gasteiger partial charge < -0.3 is 5.73 Å². The van der Waals surface area contributed by atoms with Gasteiger partial charge in [-0.05, 0) is 20.8 Å². The molecule has 1 heterocycles. The lowest BCUT2D eigenvalue weighted by Crippen LogP contribution is -2.51. The van der Waals surface area contributed by atoms with Crippen LogP contribution >= 0.6 is 0 Å². The van der Waals surface area contributed by atoms with E-state index in [4.69, 9.17) is 5.73 Å². The third-order valence-electron chi connectivity index (χ3n) is 2.68. The second-order valence-electron chi connectivity index (χ2n) is 4.41. The number of rotatable bonds is 3. The second kappa shape index (κ2) is 4.94. The molecule has 3 heteroatoms. The highest BCUT2D eigenvalue weighted by molar-refractivity contribution is 4.75. The summed E-state index contributed by atoms with van der Waals surface area (Å²) < 4.78 is 0. The van der Waals surface area contributed by atoms with E-state index >= 15 is 0 Å². The predicted molar refractivity (Wildman–Crippen MR) is 56.8 cm³/mol. The van der Waals surface area contributed by atoms with Gasteiger partial charge in [0, 0.05) is 44.8 Å². The SMILES string of the molecule is CC(C)N1CCN(C[C@@H](C)N)CC1. The van der Waals surface area contributed by atoms with Crippen LogP contribution in [0.2, 0.25) is 0 Å². The number of nitrogens with two attached hydrogens (primary N) is 1. The van der Waals surface area contributed by atoms with Crippen LogP contribution in [-0.2, 0) is 0 Å². The van der Waals surface area contributed by atoms with Crippen molar-refractivity contribution in [3.63, 3.8) is 0 Å². The minimum Gasteiger partial charge on any atom is -0.327 e. The molecule has 0 aromatic heterocycles. The van der Waals surface area contributed by atoms with Crippen molar-refractivity contribution in [3.05, 3.63) is 0 Å². The first-order valence-corrected chi connectivity index (χ1v) is 5.31. The molecule has 1 fully saturated rings. The summed E-state index contributed by atoms with van der Waals surface area (Å²) in [7, 11) is 0. The fourth-order valence-corrected chi connectivity index (χ4v) is 1.87. The monoisotopic (exact) mass is 185 g/mol. The molecule has 0 unspecified atom stereocenters. The van der Waals surface area contributed by atoms with Gasteiger partial charge in [-0.1, -0.05) is 0 Å². The molecule has 0 bridgehead atoms. The smallest absolute Gasteiger partial charge is 0.0139 e. The van der Waals surface area contributed by atoms with Crippen molar-refractivity contribution in [2.75, 3.05) is 32.7 Å². The Balaban J connectivity index is 2.22. The van der Waals surface area contributed by atoms with E-state index in [0.29, 0.717) is 12.1 Å². The van der Waals surface area contributed by atoms with Crippen LogP contribution in [0.5, 0.6) is 0 Å². The van der Waals surface area contributed by atoms with Crippen molar-refractivity contribution in [1.82, 2.24) is 9.80 Å². The normalized spacial score (nSPS) is 23.8. The first-order chi connectivity index (χ1) is 6.09. The van der Waals surface area contributed by atoms with Gasteiger partial charge in [0.1, 0.15) is 0 Å². The largest absolute Gasteiger partial charge is 0.327 e. The number of piperazine rings is 1. The molecule has 0 spiro atoms. The zero-order valence-corrected chi connectivity index (χ0v) is 9.16. The highest BCUT2D eigenvalue weighted by atomic mass is 15.3. The van der Waals surface area contributed by atoms with Crippen LogP contribution in [0, 0.1) is 0 Å². The standard InChI is InChI=1S/C10H23N3/c1-9(2)13-6-4-12(5-7-13)8-10(3)11/h9-10H,4-8,11H2,1-3H3/t10-/m1/s1. The van der Waals surface area contributed by atoms with Gasteiger partial charge in [-0.25, -0.2) is 0 Å². The molecule has 1 atom stereocenters. The maximum atomic E-state index is 5.76. The van der Waals surface area contributed by atoms with E-state index in [2.05, 4.69) is 30.6 Å². The summed E-state index contributed by atoms with van der Waals surface area (Å²) in [5, 5.41) is 0. The van der Waals surface area contributed by atoms with Crippen LogP contribution in [0.1, 0.15) is 20.8 Å². The van der Waals surface area contributed by atoms with Gasteiger partial charge in [-0.2, -0.15) is 0 Å². The first-order valence-electron chi connectivity index (χ1n) is 5.31. The highest BCUT2D eigenvalue weighted by Crippen LogP contribution is 2.05. The van der Waals surface area contributed by atoms with E-state index in [1.165, 1.54) is 26.2 Å². The summed E-state index contributed by atoms with van der Waals surface area (Å²) in [6.45, 7) is 12.4. The van der Waals surface area contributed by atoms with Crippen molar-refractivity contribution in [2.45, 2.75) is 32.9 Å². The van der Waals surface area contributed by atoms with Crippen LogP contribution in [0.15, 0.2) is 0 Å². The molecule has 1 aliphatic rings. The summed E-state index contributed by atoms with van der Waals surface area (Å²) >= 11 is 0. The summed E-state index contributed by atoms with van der Waals surface area (Å²) in [6.07, 6.45) is 0. The maximum absolute atomic E-state index is 5.76. The number of nitrogens with zero attached hydrogens (tertiary/aromatic N) is 2. The highest BCUT2D eigenvalue weighted by Gasteiger charge is 2.18. The summed E-state index contributed by atoms with van der Waals surface area (Å²) in [5.41, 5.74) is 5.76. The fourth-order valence-electron chi connectivity index (χ4n) is 1.87. The molecule has 78 valence electrons. The molecule has 0 aromatic carbocycles. The minimum absolute atomic E-state index is 0.311. The van der Waals surface area contributed by atoms with Crippen LogP contribution < -0.4 is 5.73 Å². The fraction of sp³-hybridized carbons (Fsp3) is 1.00. The Bertz CT molecular complexity index is 137. The van der Waals surface area contributed by atoms with Crippen LogP contribution in [0.25, 0.3) is 0 Å². The minimum atomic E-state index is 0.311. The lowest BCUT2D eigenvalue weighted by Gasteiger charge is -2.37. The third-order valence-corrected chi connectivity index (χ3v) is 2.68. The maximum Gasteiger partial charge on any atom is 0.0139 e. The zero-order valence-electron chi connectivity index (χ0n) is 9.16. The first kappa shape index (κ1) is 11.0. The molecule has 0 aromatic rings. The number of hydrogen-bond acceptors (Lipinski definition) is 3. The molecule has 2 N–H and O–H groups in total.